The van der Waals surface area contributed by atoms with E-state index in [-0.39, 0.29) is 5.60 Å². The summed E-state index contributed by atoms with van der Waals surface area (Å²) in [6.45, 7) is 0.762. The second kappa shape index (κ2) is 4.51. The number of fused-ring (bicyclic) bond motifs is 1. The first-order valence-electron chi connectivity index (χ1n) is 6.02. The molecule has 5 nitrogen and oxygen atoms in total. The van der Waals surface area contributed by atoms with E-state index in [1.165, 1.54) is 6.42 Å². The first-order valence-corrected chi connectivity index (χ1v) is 6.82. The number of halogens is 1. The Bertz CT molecular complexity index is 559. The Kier molecular flexibility index (Phi) is 2.99. The van der Waals surface area contributed by atoms with Gasteiger partial charge in [0, 0.05) is 19.9 Å². The van der Waals surface area contributed by atoms with Crippen LogP contribution < -0.4 is 5.32 Å². The summed E-state index contributed by atoms with van der Waals surface area (Å²) in [6.07, 6.45) is 5.33. The Morgan fingerprint density at radius 2 is 2.39 bits per heavy atom. The highest BCUT2D eigenvalue weighted by Gasteiger charge is 2.36. The van der Waals surface area contributed by atoms with Crippen LogP contribution in [0.4, 0.5) is 5.95 Å². The Hall–Kier alpha value is -1.14. The van der Waals surface area contributed by atoms with Gasteiger partial charge in [-0.2, -0.15) is 4.98 Å². The zero-order valence-electron chi connectivity index (χ0n) is 10.2. The predicted molar refractivity (Wildman–Crippen MR) is 72.8 cm³/mol. The predicted octanol–water partition coefficient (Wildman–Crippen LogP) is 2.47. The van der Waals surface area contributed by atoms with Crippen LogP contribution in [-0.4, -0.2) is 33.9 Å². The number of methoxy groups -OCH3 is 1. The van der Waals surface area contributed by atoms with Gasteiger partial charge in [-0.25, -0.2) is 4.52 Å². The molecule has 2 heterocycles. The molecule has 1 aliphatic rings. The summed E-state index contributed by atoms with van der Waals surface area (Å²) >= 11 is 3.46. The van der Waals surface area contributed by atoms with Crippen molar-refractivity contribution < 1.29 is 4.74 Å². The lowest BCUT2D eigenvalue weighted by atomic mass is 9.80. The molecular weight excluding hydrogens is 296 g/mol. The number of pyridine rings is 1. The molecule has 1 aliphatic carbocycles. The zero-order chi connectivity index (χ0) is 12.6. The minimum absolute atomic E-state index is 0.0191. The molecule has 3 rings (SSSR count). The number of nitrogens with one attached hydrogen (secondary N) is 1. The SMILES string of the molecule is COC1(CNc2nc3c(Br)cccn3n2)CCC1. The Balaban J connectivity index is 1.77. The van der Waals surface area contributed by atoms with Gasteiger partial charge < -0.3 is 10.1 Å². The second-order valence-corrected chi connectivity index (χ2v) is 5.51. The molecular formula is C12H15BrN4O. The molecule has 2 aromatic heterocycles. The van der Waals surface area contributed by atoms with Crippen LogP contribution in [0, 0.1) is 0 Å². The highest BCUT2D eigenvalue weighted by molar-refractivity contribution is 9.10. The summed E-state index contributed by atoms with van der Waals surface area (Å²) in [7, 11) is 1.77. The van der Waals surface area contributed by atoms with Crippen molar-refractivity contribution in [2.24, 2.45) is 0 Å². The first-order chi connectivity index (χ1) is 8.72. The molecule has 0 spiro atoms. The van der Waals surface area contributed by atoms with Gasteiger partial charge in [-0.05, 0) is 47.3 Å². The lowest BCUT2D eigenvalue weighted by Crippen LogP contribution is -2.45. The summed E-state index contributed by atoms with van der Waals surface area (Å²) in [5, 5.41) is 7.64. The van der Waals surface area contributed by atoms with Crippen LogP contribution in [0.3, 0.4) is 0 Å². The van der Waals surface area contributed by atoms with Crippen LogP contribution in [0.2, 0.25) is 0 Å². The molecule has 0 atom stereocenters. The zero-order valence-corrected chi connectivity index (χ0v) is 11.8. The monoisotopic (exact) mass is 310 g/mol. The second-order valence-electron chi connectivity index (χ2n) is 4.65. The van der Waals surface area contributed by atoms with Gasteiger partial charge in [0.2, 0.25) is 5.95 Å². The maximum atomic E-state index is 5.56. The number of hydrogen-bond acceptors (Lipinski definition) is 4. The van der Waals surface area contributed by atoms with E-state index in [0.717, 1.165) is 29.5 Å². The molecule has 0 amide bonds. The van der Waals surface area contributed by atoms with Crippen molar-refractivity contribution >= 4 is 27.5 Å². The van der Waals surface area contributed by atoms with Gasteiger partial charge in [0.05, 0.1) is 10.1 Å². The normalized spacial score (nSPS) is 17.7. The van der Waals surface area contributed by atoms with E-state index in [1.807, 2.05) is 18.3 Å². The van der Waals surface area contributed by atoms with Crippen molar-refractivity contribution in [3.8, 4) is 0 Å². The molecule has 1 N–H and O–H groups in total. The summed E-state index contributed by atoms with van der Waals surface area (Å²) in [5.41, 5.74) is 0.800. The van der Waals surface area contributed by atoms with E-state index in [9.17, 15) is 0 Å². The van der Waals surface area contributed by atoms with Crippen molar-refractivity contribution in [3.05, 3.63) is 22.8 Å². The van der Waals surface area contributed by atoms with Crippen molar-refractivity contribution in [3.63, 3.8) is 0 Å². The van der Waals surface area contributed by atoms with Crippen LogP contribution in [0.25, 0.3) is 5.65 Å². The van der Waals surface area contributed by atoms with Crippen molar-refractivity contribution in [2.75, 3.05) is 19.0 Å². The molecule has 6 heteroatoms. The van der Waals surface area contributed by atoms with Crippen molar-refractivity contribution in [2.45, 2.75) is 24.9 Å². The van der Waals surface area contributed by atoms with E-state index in [4.69, 9.17) is 4.74 Å². The minimum Gasteiger partial charge on any atom is -0.376 e. The molecule has 0 bridgehead atoms. The minimum atomic E-state index is -0.0191. The third-order valence-corrected chi connectivity index (χ3v) is 4.20. The van der Waals surface area contributed by atoms with Gasteiger partial charge in [-0.3, -0.25) is 0 Å². The van der Waals surface area contributed by atoms with E-state index >= 15 is 0 Å². The van der Waals surface area contributed by atoms with Crippen LogP contribution in [0.5, 0.6) is 0 Å². The number of anilines is 1. The molecule has 1 fully saturated rings. The molecule has 18 heavy (non-hydrogen) atoms. The summed E-state index contributed by atoms with van der Waals surface area (Å²) < 4.78 is 8.26. The van der Waals surface area contributed by atoms with E-state index in [1.54, 1.807) is 11.6 Å². The quantitative estimate of drug-likeness (QED) is 0.942. The third kappa shape index (κ3) is 1.99. The molecule has 2 aromatic rings. The average Bonchev–Trinajstić information content (AvgIpc) is 2.73. The van der Waals surface area contributed by atoms with E-state index in [0.29, 0.717) is 5.95 Å². The van der Waals surface area contributed by atoms with Crippen LogP contribution in [-0.2, 0) is 4.74 Å². The summed E-state index contributed by atoms with van der Waals surface area (Å²) in [4.78, 5) is 4.45. The number of aromatic nitrogens is 3. The van der Waals surface area contributed by atoms with Crippen molar-refractivity contribution in [1.82, 2.24) is 14.6 Å². The van der Waals surface area contributed by atoms with Crippen LogP contribution in [0.1, 0.15) is 19.3 Å². The van der Waals surface area contributed by atoms with Gasteiger partial charge in [0.1, 0.15) is 0 Å². The topological polar surface area (TPSA) is 51.5 Å². The van der Waals surface area contributed by atoms with Gasteiger partial charge in [-0.1, -0.05) is 0 Å². The smallest absolute Gasteiger partial charge is 0.243 e. The summed E-state index contributed by atoms with van der Waals surface area (Å²) in [6, 6.07) is 3.88. The molecule has 0 aliphatic heterocycles. The molecule has 0 radical (unpaired) electrons. The number of hydrogen-bond donors (Lipinski definition) is 1. The average molecular weight is 311 g/mol. The molecule has 96 valence electrons. The number of nitrogens with zero attached hydrogens (tertiary/aromatic N) is 3. The lowest BCUT2D eigenvalue weighted by molar-refractivity contribution is -0.0602. The van der Waals surface area contributed by atoms with Gasteiger partial charge in [-0.15, -0.1) is 5.10 Å². The van der Waals surface area contributed by atoms with E-state index < -0.39 is 0 Å². The van der Waals surface area contributed by atoms with Gasteiger partial charge >= 0.3 is 0 Å². The number of ether oxygens (including phenoxy) is 1. The molecule has 1 saturated carbocycles. The third-order valence-electron chi connectivity index (χ3n) is 3.58. The first kappa shape index (κ1) is 11.9. The molecule has 0 saturated heterocycles. The Morgan fingerprint density at radius 1 is 1.56 bits per heavy atom. The fourth-order valence-electron chi connectivity index (χ4n) is 2.21. The largest absolute Gasteiger partial charge is 0.376 e. The fourth-order valence-corrected chi connectivity index (χ4v) is 2.64. The van der Waals surface area contributed by atoms with Crippen LogP contribution >= 0.6 is 15.9 Å². The number of rotatable bonds is 4. The summed E-state index contributed by atoms with van der Waals surface area (Å²) in [5.74, 6) is 0.644. The fraction of sp³-hybridized carbons (Fsp3) is 0.500. The molecule has 0 aromatic carbocycles. The van der Waals surface area contributed by atoms with Gasteiger partial charge in [0.15, 0.2) is 5.65 Å². The maximum absolute atomic E-state index is 5.56. The van der Waals surface area contributed by atoms with Gasteiger partial charge in [0.25, 0.3) is 0 Å². The van der Waals surface area contributed by atoms with E-state index in [2.05, 4.69) is 31.3 Å². The highest BCUT2D eigenvalue weighted by Crippen LogP contribution is 2.34. The van der Waals surface area contributed by atoms with Crippen LogP contribution in [0.15, 0.2) is 22.8 Å². The standard InChI is InChI=1S/C12H15BrN4O/c1-18-12(5-3-6-12)8-14-11-15-10-9(13)4-2-7-17(10)16-11/h2,4,7H,3,5-6,8H2,1H3,(H,14,16). The Labute approximate surface area is 114 Å². The maximum Gasteiger partial charge on any atom is 0.243 e. The Morgan fingerprint density at radius 3 is 3.00 bits per heavy atom. The molecule has 0 unspecified atom stereocenters. The van der Waals surface area contributed by atoms with Crippen molar-refractivity contribution in [1.29, 1.82) is 0 Å². The highest BCUT2D eigenvalue weighted by atomic mass is 79.9. The lowest BCUT2D eigenvalue weighted by Gasteiger charge is -2.40.